The summed E-state index contributed by atoms with van der Waals surface area (Å²) in [5, 5.41) is 2.75. The van der Waals surface area contributed by atoms with Crippen molar-refractivity contribution in [3.63, 3.8) is 0 Å². The Labute approximate surface area is 106 Å². The molecule has 86 valence electrons. The molecular formula is C15H14ClN. The number of nitrogens with zero attached hydrogens (tertiary/aromatic N) is 1. The van der Waals surface area contributed by atoms with Crippen LogP contribution in [0.4, 0.5) is 0 Å². The minimum Gasteiger partial charge on any atom is -0.339 e. The molecular weight excluding hydrogens is 230 g/mol. The number of hydrogen-bond donors (Lipinski definition) is 0. The van der Waals surface area contributed by atoms with Crippen molar-refractivity contribution in [3.05, 3.63) is 48.5 Å². The third-order valence-corrected chi connectivity index (χ3v) is 3.25. The van der Waals surface area contributed by atoms with Crippen molar-refractivity contribution in [1.29, 1.82) is 0 Å². The number of benzene rings is 2. The SMILES string of the molecule is CC(Cl)Cn1c2ccccc2c2ccccc21. The zero-order valence-corrected chi connectivity index (χ0v) is 10.5. The molecule has 0 spiro atoms. The average Bonchev–Trinajstić information content (AvgIpc) is 2.65. The van der Waals surface area contributed by atoms with Crippen LogP contribution in [0.15, 0.2) is 48.5 Å². The molecule has 0 aliphatic carbocycles. The second-order valence-electron chi connectivity index (χ2n) is 4.43. The lowest BCUT2D eigenvalue weighted by Gasteiger charge is -2.08. The van der Waals surface area contributed by atoms with Crippen molar-refractivity contribution in [3.8, 4) is 0 Å². The van der Waals surface area contributed by atoms with E-state index in [0.29, 0.717) is 0 Å². The molecule has 1 heterocycles. The predicted octanol–water partition coefficient (Wildman–Crippen LogP) is 4.42. The van der Waals surface area contributed by atoms with Crippen molar-refractivity contribution in [2.24, 2.45) is 0 Å². The Bertz CT molecular complexity index is 614. The van der Waals surface area contributed by atoms with E-state index in [9.17, 15) is 0 Å². The van der Waals surface area contributed by atoms with E-state index >= 15 is 0 Å². The van der Waals surface area contributed by atoms with E-state index in [-0.39, 0.29) is 5.38 Å². The summed E-state index contributed by atoms with van der Waals surface area (Å²) in [6.07, 6.45) is 0. The van der Waals surface area contributed by atoms with Crippen LogP contribution in [0.1, 0.15) is 6.92 Å². The molecule has 0 radical (unpaired) electrons. The molecule has 0 N–H and O–H groups in total. The van der Waals surface area contributed by atoms with Crippen molar-refractivity contribution < 1.29 is 0 Å². The predicted molar refractivity (Wildman–Crippen MR) is 74.8 cm³/mol. The summed E-state index contributed by atoms with van der Waals surface area (Å²) in [6.45, 7) is 2.88. The molecule has 0 bridgehead atoms. The lowest BCUT2D eigenvalue weighted by atomic mass is 10.2. The lowest BCUT2D eigenvalue weighted by molar-refractivity contribution is 0.731. The van der Waals surface area contributed by atoms with E-state index in [0.717, 1.165) is 6.54 Å². The van der Waals surface area contributed by atoms with Gasteiger partial charge in [-0.15, -0.1) is 11.6 Å². The third kappa shape index (κ3) is 1.71. The van der Waals surface area contributed by atoms with Gasteiger partial charge in [0.2, 0.25) is 0 Å². The van der Waals surface area contributed by atoms with Crippen molar-refractivity contribution in [1.82, 2.24) is 4.57 Å². The van der Waals surface area contributed by atoms with E-state index in [1.165, 1.54) is 21.8 Å². The van der Waals surface area contributed by atoms with Crippen LogP contribution >= 0.6 is 11.6 Å². The third-order valence-electron chi connectivity index (χ3n) is 3.11. The van der Waals surface area contributed by atoms with Gasteiger partial charge in [-0.25, -0.2) is 0 Å². The number of hydrogen-bond acceptors (Lipinski definition) is 0. The van der Waals surface area contributed by atoms with Crippen LogP contribution in [0.3, 0.4) is 0 Å². The zero-order chi connectivity index (χ0) is 11.8. The van der Waals surface area contributed by atoms with Crippen molar-refractivity contribution in [2.45, 2.75) is 18.8 Å². The van der Waals surface area contributed by atoms with Gasteiger partial charge in [0.05, 0.1) is 0 Å². The Morgan fingerprint density at radius 3 is 1.88 bits per heavy atom. The van der Waals surface area contributed by atoms with E-state index in [4.69, 9.17) is 11.6 Å². The number of halogens is 1. The Kier molecular flexibility index (Phi) is 2.56. The van der Waals surface area contributed by atoms with Gasteiger partial charge in [0.15, 0.2) is 0 Å². The highest BCUT2D eigenvalue weighted by atomic mass is 35.5. The summed E-state index contributed by atoms with van der Waals surface area (Å²) in [7, 11) is 0. The first-order chi connectivity index (χ1) is 8.27. The van der Waals surface area contributed by atoms with Gasteiger partial charge >= 0.3 is 0 Å². The maximum Gasteiger partial charge on any atom is 0.0491 e. The van der Waals surface area contributed by atoms with Crippen LogP contribution in [0.5, 0.6) is 0 Å². The number of alkyl halides is 1. The Morgan fingerprint density at radius 1 is 0.941 bits per heavy atom. The summed E-state index contributed by atoms with van der Waals surface area (Å²) in [6, 6.07) is 17.0. The topological polar surface area (TPSA) is 4.93 Å². The van der Waals surface area contributed by atoms with Crippen molar-refractivity contribution >= 4 is 33.4 Å². The van der Waals surface area contributed by atoms with Gasteiger partial charge in [-0.05, 0) is 19.1 Å². The Balaban J connectivity index is 2.41. The molecule has 0 aliphatic rings. The standard InChI is InChI=1S/C15H14ClN/c1-11(16)10-17-14-8-4-2-6-12(14)13-7-3-5-9-15(13)17/h2-9,11H,10H2,1H3. The normalized spacial score (nSPS) is 13.3. The molecule has 1 aromatic heterocycles. The summed E-state index contributed by atoms with van der Waals surface area (Å²) in [5.41, 5.74) is 2.53. The van der Waals surface area contributed by atoms with Gasteiger partial charge in [-0.1, -0.05) is 36.4 Å². The van der Waals surface area contributed by atoms with E-state index in [1.807, 2.05) is 6.92 Å². The molecule has 2 aromatic carbocycles. The fourth-order valence-electron chi connectivity index (χ4n) is 2.45. The van der Waals surface area contributed by atoms with Crippen LogP contribution in [-0.2, 0) is 6.54 Å². The van der Waals surface area contributed by atoms with Crippen LogP contribution in [0.2, 0.25) is 0 Å². The van der Waals surface area contributed by atoms with E-state index in [2.05, 4.69) is 53.1 Å². The first-order valence-electron chi connectivity index (χ1n) is 5.87. The van der Waals surface area contributed by atoms with Crippen LogP contribution < -0.4 is 0 Å². The molecule has 3 aromatic rings. The summed E-state index contributed by atoms with van der Waals surface area (Å²) in [4.78, 5) is 0. The number of fused-ring (bicyclic) bond motifs is 3. The quantitative estimate of drug-likeness (QED) is 0.587. The van der Waals surface area contributed by atoms with Crippen LogP contribution in [0, 0.1) is 0 Å². The largest absolute Gasteiger partial charge is 0.339 e. The molecule has 1 atom stereocenters. The second kappa shape index (κ2) is 4.08. The van der Waals surface area contributed by atoms with Gasteiger partial charge in [0, 0.05) is 33.7 Å². The van der Waals surface area contributed by atoms with Gasteiger partial charge in [-0.2, -0.15) is 0 Å². The molecule has 1 nitrogen and oxygen atoms in total. The molecule has 2 heteroatoms. The Hall–Kier alpha value is -1.47. The fraction of sp³-hybridized carbons (Fsp3) is 0.200. The number of rotatable bonds is 2. The Morgan fingerprint density at radius 2 is 1.41 bits per heavy atom. The molecule has 0 fully saturated rings. The van der Waals surface area contributed by atoms with Gasteiger partial charge in [0.25, 0.3) is 0 Å². The fourth-order valence-corrected chi connectivity index (χ4v) is 2.59. The monoisotopic (exact) mass is 243 g/mol. The molecule has 0 saturated carbocycles. The highest BCUT2D eigenvalue weighted by molar-refractivity contribution is 6.20. The molecule has 17 heavy (non-hydrogen) atoms. The minimum absolute atomic E-state index is 0.134. The molecule has 0 amide bonds. The summed E-state index contributed by atoms with van der Waals surface area (Å²) >= 11 is 6.15. The molecule has 0 aliphatic heterocycles. The smallest absolute Gasteiger partial charge is 0.0491 e. The summed E-state index contributed by atoms with van der Waals surface area (Å²) in [5.74, 6) is 0. The van der Waals surface area contributed by atoms with Crippen LogP contribution in [0.25, 0.3) is 21.8 Å². The highest BCUT2D eigenvalue weighted by Gasteiger charge is 2.10. The average molecular weight is 244 g/mol. The molecule has 0 saturated heterocycles. The van der Waals surface area contributed by atoms with Crippen molar-refractivity contribution in [2.75, 3.05) is 0 Å². The van der Waals surface area contributed by atoms with Gasteiger partial charge < -0.3 is 4.57 Å². The van der Waals surface area contributed by atoms with Gasteiger partial charge in [0.1, 0.15) is 0 Å². The maximum absolute atomic E-state index is 6.15. The molecule has 3 rings (SSSR count). The first kappa shape index (κ1) is 10.7. The molecule has 1 unspecified atom stereocenters. The minimum atomic E-state index is 0.134. The van der Waals surface area contributed by atoms with E-state index in [1.54, 1.807) is 0 Å². The van der Waals surface area contributed by atoms with E-state index < -0.39 is 0 Å². The lowest BCUT2D eigenvalue weighted by Crippen LogP contribution is -2.05. The second-order valence-corrected chi connectivity index (χ2v) is 5.17. The number of para-hydroxylation sites is 2. The zero-order valence-electron chi connectivity index (χ0n) is 9.73. The van der Waals surface area contributed by atoms with Crippen LogP contribution in [-0.4, -0.2) is 9.94 Å². The van der Waals surface area contributed by atoms with Gasteiger partial charge in [-0.3, -0.25) is 0 Å². The number of aromatic nitrogens is 1. The maximum atomic E-state index is 6.15. The highest BCUT2D eigenvalue weighted by Crippen LogP contribution is 2.29. The first-order valence-corrected chi connectivity index (χ1v) is 6.31. The summed E-state index contributed by atoms with van der Waals surface area (Å²) < 4.78 is 2.31.